The van der Waals surface area contributed by atoms with Gasteiger partial charge in [-0.05, 0) is 30.9 Å². The first-order valence-electron chi connectivity index (χ1n) is 5.42. The van der Waals surface area contributed by atoms with Gasteiger partial charge in [-0.25, -0.2) is 4.98 Å². The summed E-state index contributed by atoms with van der Waals surface area (Å²) in [6.07, 6.45) is 1.99. The summed E-state index contributed by atoms with van der Waals surface area (Å²) in [4.78, 5) is 15.7. The summed E-state index contributed by atoms with van der Waals surface area (Å²) in [6, 6.07) is 3.73. The van der Waals surface area contributed by atoms with E-state index in [0.29, 0.717) is 18.4 Å². The van der Waals surface area contributed by atoms with Gasteiger partial charge in [-0.2, -0.15) is 5.26 Å². The Bertz CT molecular complexity index is 505. The normalized spacial score (nSPS) is 18.0. The number of anilines is 1. The molecule has 1 atom stereocenters. The Labute approximate surface area is 99.2 Å². The lowest BCUT2D eigenvalue weighted by molar-refractivity contribution is -0.145. The van der Waals surface area contributed by atoms with E-state index in [9.17, 15) is 4.79 Å². The van der Waals surface area contributed by atoms with Gasteiger partial charge in [0.25, 0.3) is 0 Å². The molecule has 5 nitrogen and oxygen atoms in total. The zero-order valence-corrected chi connectivity index (χ0v) is 9.56. The minimum absolute atomic E-state index is 0.135. The molecule has 0 spiro atoms. The van der Waals surface area contributed by atoms with Crippen molar-refractivity contribution in [1.82, 2.24) is 4.98 Å². The van der Waals surface area contributed by atoms with Crippen LogP contribution in [0.2, 0.25) is 0 Å². The molecule has 17 heavy (non-hydrogen) atoms. The molecular formula is C12H13N3O2. The van der Waals surface area contributed by atoms with Crippen molar-refractivity contribution in [1.29, 1.82) is 5.26 Å². The van der Waals surface area contributed by atoms with E-state index >= 15 is 0 Å². The summed E-state index contributed by atoms with van der Waals surface area (Å²) >= 11 is 0. The Morgan fingerprint density at radius 2 is 2.47 bits per heavy atom. The van der Waals surface area contributed by atoms with Crippen LogP contribution in [0.15, 0.2) is 6.07 Å². The summed E-state index contributed by atoms with van der Waals surface area (Å²) in [5.41, 5.74) is 7.84. The van der Waals surface area contributed by atoms with Gasteiger partial charge in [0.2, 0.25) is 0 Å². The summed E-state index contributed by atoms with van der Waals surface area (Å²) < 4.78 is 4.74. The molecule has 0 fully saturated rings. The molecule has 0 radical (unpaired) electrons. The fourth-order valence-corrected chi connectivity index (χ4v) is 2.14. The third kappa shape index (κ3) is 2.07. The number of nitriles is 1. The molecule has 2 N–H and O–H groups in total. The monoisotopic (exact) mass is 231 g/mol. The Hall–Kier alpha value is -2.09. The van der Waals surface area contributed by atoms with Crippen molar-refractivity contribution in [2.24, 2.45) is 5.92 Å². The zero-order valence-electron chi connectivity index (χ0n) is 9.56. The van der Waals surface area contributed by atoms with E-state index in [2.05, 4.69) is 4.98 Å². The number of rotatable bonds is 1. The quantitative estimate of drug-likeness (QED) is 0.722. The molecule has 0 amide bonds. The maximum absolute atomic E-state index is 11.5. The van der Waals surface area contributed by atoms with E-state index in [1.54, 1.807) is 6.07 Å². The van der Waals surface area contributed by atoms with Crippen LogP contribution in [-0.2, 0) is 22.4 Å². The molecule has 1 aliphatic rings. The van der Waals surface area contributed by atoms with E-state index < -0.39 is 0 Å². The number of hydrogen-bond donors (Lipinski definition) is 1. The number of esters is 1. The van der Waals surface area contributed by atoms with Gasteiger partial charge in [0.15, 0.2) is 0 Å². The topological polar surface area (TPSA) is 89.0 Å². The maximum atomic E-state index is 11.5. The number of carbonyl (C=O) groups is 1. The van der Waals surface area contributed by atoms with Crippen molar-refractivity contribution in [2.75, 3.05) is 12.8 Å². The number of pyridine rings is 1. The SMILES string of the molecule is COC(=O)C1CCc2nc(N)c(C#N)cc2C1. The second-order valence-corrected chi connectivity index (χ2v) is 4.10. The Morgan fingerprint density at radius 1 is 1.71 bits per heavy atom. The van der Waals surface area contributed by atoms with Crippen LogP contribution in [0.4, 0.5) is 5.82 Å². The zero-order chi connectivity index (χ0) is 12.4. The smallest absolute Gasteiger partial charge is 0.309 e. The fourth-order valence-electron chi connectivity index (χ4n) is 2.14. The van der Waals surface area contributed by atoms with E-state index in [1.165, 1.54) is 7.11 Å². The lowest BCUT2D eigenvalue weighted by Crippen LogP contribution is -2.24. The molecule has 0 bridgehead atoms. The number of carbonyl (C=O) groups excluding carboxylic acids is 1. The van der Waals surface area contributed by atoms with Gasteiger partial charge in [-0.1, -0.05) is 0 Å². The highest BCUT2D eigenvalue weighted by molar-refractivity contribution is 5.73. The van der Waals surface area contributed by atoms with Crippen molar-refractivity contribution in [3.63, 3.8) is 0 Å². The highest BCUT2D eigenvalue weighted by atomic mass is 16.5. The van der Waals surface area contributed by atoms with Crippen molar-refractivity contribution >= 4 is 11.8 Å². The number of aryl methyl sites for hydroxylation is 1. The Morgan fingerprint density at radius 3 is 3.12 bits per heavy atom. The molecule has 0 saturated carbocycles. The Kier molecular flexibility index (Phi) is 2.96. The van der Waals surface area contributed by atoms with Crippen LogP contribution in [-0.4, -0.2) is 18.1 Å². The number of fused-ring (bicyclic) bond motifs is 1. The molecule has 1 aromatic rings. The van der Waals surface area contributed by atoms with E-state index in [0.717, 1.165) is 17.7 Å². The molecule has 2 rings (SSSR count). The number of hydrogen-bond acceptors (Lipinski definition) is 5. The number of nitrogen functional groups attached to an aromatic ring is 1. The second-order valence-electron chi connectivity index (χ2n) is 4.10. The van der Waals surface area contributed by atoms with Crippen LogP contribution >= 0.6 is 0 Å². The third-order valence-corrected chi connectivity index (χ3v) is 3.07. The van der Waals surface area contributed by atoms with Crippen LogP contribution < -0.4 is 5.73 Å². The van der Waals surface area contributed by atoms with Crippen LogP contribution in [0.25, 0.3) is 0 Å². The first-order valence-corrected chi connectivity index (χ1v) is 5.42. The minimum Gasteiger partial charge on any atom is -0.469 e. The third-order valence-electron chi connectivity index (χ3n) is 3.07. The number of methoxy groups -OCH3 is 1. The fraction of sp³-hybridized carbons (Fsp3) is 0.417. The van der Waals surface area contributed by atoms with Crippen molar-refractivity contribution in [3.05, 3.63) is 22.9 Å². The molecule has 0 aliphatic heterocycles. The summed E-state index contributed by atoms with van der Waals surface area (Å²) in [5, 5.41) is 8.88. The molecular weight excluding hydrogens is 218 g/mol. The van der Waals surface area contributed by atoms with Crippen LogP contribution in [0.3, 0.4) is 0 Å². The van der Waals surface area contributed by atoms with Crippen LogP contribution in [0.1, 0.15) is 23.2 Å². The van der Waals surface area contributed by atoms with Gasteiger partial charge in [-0.15, -0.1) is 0 Å². The van der Waals surface area contributed by atoms with Crippen LogP contribution in [0, 0.1) is 17.2 Å². The van der Waals surface area contributed by atoms with Gasteiger partial charge in [-0.3, -0.25) is 4.79 Å². The average molecular weight is 231 g/mol. The molecule has 1 unspecified atom stereocenters. The molecule has 88 valence electrons. The standard InChI is InChI=1S/C12H13N3O2/c1-17-12(16)7-2-3-10-8(4-7)5-9(6-13)11(14)15-10/h5,7H,2-4H2,1H3,(H2,14,15). The molecule has 1 aliphatic carbocycles. The average Bonchev–Trinajstić information content (AvgIpc) is 2.36. The predicted octanol–water partition coefficient (Wildman–Crippen LogP) is 0.813. The van der Waals surface area contributed by atoms with Gasteiger partial charge in [0.1, 0.15) is 11.9 Å². The largest absolute Gasteiger partial charge is 0.469 e. The van der Waals surface area contributed by atoms with Crippen LogP contribution in [0.5, 0.6) is 0 Å². The van der Waals surface area contributed by atoms with E-state index in [-0.39, 0.29) is 17.7 Å². The van der Waals surface area contributed by atoms with E-state index in [4.69, 9.17) is 15.7 Å². The number of nitrogens with zero attached hydrogens (tertiary/aromatic N) is 2. The predicted molar refractivity (Wildman–Crippen MR) is 60.9 cm³/mol. The first-order chi connectivity index (χ1) is 8.15. The lowest BCUT2D eigenvalue weighted by Gasteiger charge is -2.22. The van der Waals surface area contributed by atoms with Crippen molar-refractivity contribution in [2.45, 2.75) is 19.3 Å². The molecule has 0 aromatic carbocycles. The Balaban J connectivity index is 2.32. The highest BCUT2D eigenvalue weighted by Gasteiger charge is 2.26. The summed E-state index contributed by atoms with van der Waals surface area (Å²) in [5.74, 6) is -0.0711. The molecule has 1 heterocycles. The summed E-state index contributed by atoms with van der Waals surface area (Å²) in [7, 11) is 1.39. The van der Waals surface area contributed by atoms with E-state index in [1.807, 2.05) is 6.07 Å². The van der Waals surface area contributed by atoms with Crippen molar-refractivity contribution < 1.29 is 9.53 Å². The van der Waals surface area contributed by atoms with Gasteiger partial charge in [0, 0.05) is 5.69 Å². The van der Waals surface area contributed by atoms with Crippen molar-refractivity contribution in [3.8, 4) is 6.07 Å². The van der Waals surface area contributed by atoms with Gasteiger partial charge in [0.05, 0.1) is 18.6 Å². The number of aromatic nitrogens is 1. The van der Waals surface area contributed by atoms with Gasteiger partial charge >= 0.3 is 5.97 Å². The minimum atomic E-state index is -0.203. The molecule has 1 aromatic heterocycles. The second kappa shape index (κ2) is 4.42. The maximum Gasteiger partial charge on any atom is 0.309 e. The summed E-state index contributed by atoms with van der Waals surface area (Å²) in [6.45, 7) is 0. The molecule has 0 saturated heterocycles. The first kappa shape index (κ1) is 11.4. The number of ether oxygens (including phenoxy) is 1. The molecule has 5 heteroatoms. The highest BCUT2D eigenvalue weighted by Crippen LogP contribution is 2.27. The number of nitrogens with two attached hydrogens (primary N) is 1. The van der Waals surface area contributed by atoms with Gasteiger partial charge < -0.3 is 10.5 Å². The lowest BCUT2D eigenvalue weighted by atomic mass is 9.86.